The fraction of sp³-hybridized carbons (Fsp3) is 0.533. The lowest BCUT2D eigenvalue weighted by Gasteiger charge is -2.16. The van der Waals surface area contributed by atoms with Gasteiger partial charge in [0.05, 0.1) is 12.0 Å². The SMILES string of the molecule is CCCNC(CCc1ccco1)Cc1ccn(C)n1. The number of hydrogen-bond acceptors (Lipinski definition) is 3. The Morgan fingerprint density at radius 1 is 1.42 bits per heavy atom. The van der Waals surface area contributed by atoms with Crippen LogP contribution in [-0.2, 0) is 19.9 Å². The summed E-state index contributed by atoms with van der Waals surface area (Å²) in [6.45, 7) is 3.24. The Morgan fingerprint density at radius 3 is 2.95 bits per heavy atom. The normalized spacial score (nSPS) is 12.7. The van der Waals surface area contributed by atoms with Gasteiger partial charge in [0.1, 0.15) is 5.76 Å². The first-order valence-corrected chi connectivity index (χ1v) is 7.02. The molecular weight excluding hydrogens is 238 g/mol. The maximum atomic E-state index is 5.40. The summed E-state index contributed by atoms with van der Waals surface area (Å²) < 4.78 is 7.26. The molecule has 19 heavy (non-hydrogen) atoms. The molecule has 2 aromatic heterocycles. The average molecular weight is 261 g/mol. The number of aromatic nitrogens is 2. The van der Waals surface area contributed by atoms with Gasteiger partial charge in [-0.15, -0.1) is 0 Å². The van der Waals surface area contributed by atoms with E-state index in [4.69, 9.17) is 4.42 Å². The van der Waals surface area contributed by atoms with Crippen molar-refractivity contribution in [3.63, 3.8) is 0 Å². The van der Waals surface area contributed by atoms with Gasteiger partial charge in [0.2, 0.25) is 0 Å². The van der Waals surface area contributed by atoms with Gasteiger partial charge in [0, 0.05) is 32.1 Å². The molecular formula is C15H23N3O. The number of nitrogens with zero attached hydrogens (tertiary/aromatic N) is 2. The van der Waals surface area contributed by atoms with Crippen molar-refractivity contribution in [3.05, 3.63) is 42.1 Å². The lowest BCUT2D eigenvalue weighted by atomic mass is 10.0. The van der Waals surface area contributed by atoms with Crippen LogP contribution in [0.1, 0.15) is 31.2 Å². The number of hydrogen-bond donors (Lipinski definition) is 1. The van der Waals surface area contributed by atoms with Crippen LogP contribution in [0.4, 0.5) is 0 Å². The second-order valence-electron chi connectivity index (χ2n) is 4.95. The third kappa shape index (κ3) is 4.56. The van der Waals surface area contributed by atoms with Crippen molar-refractivity contribution in [1.29, 1.82) is 0 Å². The monoisotopic (exact) mass is 261 g/mol. The van der Waals surface area contributed by atoms with Gasteiger partial charge in [-0.1, -0.05) is 6.92 Å². The van der Waals surface area contributed by atoms with Gasteiger partial charge in [-0.3, -0.25) is 4.68 Å². The smallest absolute Gasteiger partial charge is 0.103 e. The summed E-state index contributed by atoms with van der Waals surface area (Å²) in [5.41, 5.74) is 1.15. The van der Waals surface area contributed by atoms with Crippen LogP contribution in [0, 0.1) is 0 Å². The lowest BCUT2D eigenvalue weighted by molar-refractivity contribution is 0.438. The van der Waals surface area contributed by atoms with Crippen molar-refractivity contribution in [3.8, 4) is 0 Å². The van der Waals surface area contributed by atoms with E-state index in [0.717, 1.165) is 43.7 Å². The number of nitrogens with one attached hydrogen (secondary N) is 1. The molecule has 2 heterocycles. The molecule has 4 heteroatoms. The molecule has 0 amide bonds. The van der Waals surface area contributed by atoms with Crippen molar-refractivity contribution < 1.29 is 4.42 Å². The quantitative estimate of drug-likeness (QED) is 0.794. The van der Waals surface area contributed by atoms with Crippen molar-refractivity contribution in [1.82, 2.24) is 15.1 Å². The summed E-state index contributed by atoms with van der Waals surface area (Å²) >= 11 is 0. The van der Waals surface area contributed by atoms with E-state index in [2.05, 4.69) is 23.4 Å². The van der Waals surface area contributed by atoms with Crippen LogP contribution >= 0.6 is 0 Å². The van der Waals surface area contributed by atoms with E-state index in [0.29, 0.717) is 6.04 Å². The predicted molar refractivity (Wildman–Crippen MR) is 76.0 cm³/mol. The molecule has 1 unspecified atom stereocenters. The van der Waals surface area contributed by atoms with Crippen LogP contribution in [0.15, 0.2) is 35.1 Å². The third-order valence-electron chi connectivity index (χ3n) is 3.23. The first-order valence-electron chi connectivity index (χ1n) is 7.02. The Morgan fingerprint density at radius 2 is 2.32 bits per heavy atom. The highest BCUT2D eigenvalue weighted by Crippen LogP contribution is 2.09. The van der Waals surface area contributed by atoms with Crippen molar-refractivity contribution in [2.75, 3.05) is 6.54 Å². The molecule has 0 spiro atoms. The first kappa shape index (κ1) is 13.9. The zero-order valence-corrected chi connectivity index (χ0v) is 11.8. The Labute approximate surface area is 114 Å². The van der Waals surface area contributed by atoms with E-state index >= 15 is 0 Å². The molecule has 2 aromatic rings. The van der Waals surface area contributed by atoms with Gasteiger partial charge in [0.25, 0.3) is 0 Å². The molecule has 4 nitrogen and oxygen atoms in total. The molecule has 0 saturated carbocycles. The van der Waals surface area contributed by atoms with Gasteiger partial charge in [-0.2, -0.15) is 5.10 Å². The average Bonchev–Trinajstić information content (AvgIpc) is 3.04. The highest BCUT2D eigenvalue weighted by Gasteiger charge is 2.11. The van der Waals surface area contributed by atoms with Crippen LogP contribution < -0.4 is 5.32 Å². The van der Waals surface area contributed by atoms with E-state index in [-0.39, 0.29) is 0 Å². The minimum Gasteiger partial charge on any atom is -0.469 e. The molecule has 0 saturated heterocycles. The summed E-state index contributed by atoms with van der Waals surface area (Å²) in [5.74, 6) is 1.06. The summed E-state index contributed by atoms with van der Waals surface area (Å²) in [5, 5.41) is 8.06. The van der Waals surface area contributed by atoms with E-state index < -0.39 is 0 Å². The second-order valence-corrected chi connectivity index (χ2v) is 4.95. The van der Waals surface area contributed by atoms with Crippen LogP contribution in [0.2, 0.25) is 0 Å². The van der Waals surface area contributed by atoms with E-state index in [1.165, 1.54) is 0 Å². The summed E-state index contributed by atoms with van der Waals surface area (Å²) in [6.07, 6.45) is 7.91. The maximum Gasteiger partial charge on any atom is 0.103 e. The zero-order valence-electron chi connectivity index (χ0n) is 11.8. The van der Waals surface area contributed by atoms with Crippen molar-refractivity contribution in [2.45, 2.75) is 38.6 Å². The number of aryl methyl sites for hydroxylation is 2. The Balaban J connectivity index is 1.87. The zero-order chi connectivity index (χ0) is 13.5. The molecule has 2 rings (SSSR count). The predicted octanol–water partition coefficient (Wildman–Crippen LogP) is 2.56. The molecule has 0 bridgehead atoms. The Hall–Kier alpha value is -1.55. The molecule has 0 fully saturated rings. The highest BCUT2D eigenvalue weighted by atomic mass is 16.3. The van der Waals surface area contributed by atoms with Gasteiger partial charge in [0.15, 0.2) is 0 Å². The molecule has 0 aromatic carbocycles. The van der Waals surface area contributed by atoms with Crippen LogP contribution in [0.25, 0.3) is 0 Å². The fourth-order valence-electron chi connectivity index (χ4n) is 2.22. The van der Waals surface area contributed by atoms with Gasteiger partial charge in [-0.05, 0) is 37.6 Å². The van der Waals surface area contributed by atoms with Crippen molar-refractivity contribution >= 4 is 0 Å². The van der Waals surface area contributed by atoms with E-state index in [9.17, 15) is 0 Å². The maximum absolute atomic E-state index is 5.40. The summed E-state index contributed by atoms with van der Waals surface area (Å²) in [7, 11) is 1.96. The number of furan rings is 1. The number of rotatable bonds is 8. The molecule has 104 valence electrons. The largest absolute Gasteiger partial charge is 0.469 e. The van der Waals surface area contributed by atoms with Gasteiger partial charge >= 0.3 is 0 Å². The third-order valence-corrected chi connectivity index (χ3v) is 3.23. The Bertz CT molecular complexity index is 461. The van der Waals surface area contributed by atoms with Crippen molar-refractivity contribution in [2.24, 2.45) is 7.05 Å². The van der Waals surface area contributed by atoms with Crippen LogP contribution in [0.3, 0.4) is 0 Å². The minimum absolute atomic E-state index is 0.458. The summed E-state index contributed by atoms with van der Waals surface area (Å²) in [4.78, 5) is 0. The first-order chi connectivity index (χ1) is 9.28. The van der Waals surface area contributed by atoms with E-state index in [1.807, 2.05) is 30.1 Å². The van der Waals surface area contributed by atoms with Gasteiger partial charge in [-0.25, -0.2) is 0 Å². The van der Waals surface area contributed by atoms with E-state index in [1.54, 1.807) is 6.26 Å². The molecule has 0 aliphatic carbocycles. The fourth-order valence-corrected chi connectivity index (χ4v) is 2.22. The molecule has 0 radical (unpaired) electrons. The second kappa shape index (κ2) is 7.14. The van der Waals surface area contributed by atoms with Crippen LogP contribution in [-0.4, -0.2) is 22.4 Å². The Kier molecular flexibility index (Phi) is 5.21. The van der Waals surface area contributed by atoms with Crippen LogP contribution in [0.5, 0.6) is 0 Å². The highest BCUT2D eigenvalue weighted by molar-refractivity contribution is 5.03. The standard InChI is InChI=1S/C15H23N3O/c1-3-9-16-13(6-7-15-5-4-11-19-15)12-14-8-10-18(2)17-14/h4-5,8,10-11,13,16H,3,6-7,9,12H2,1-2H3. The summed E-state index contributed by atoms with van der Waals surface area (Å²) in [6, 6.07) is 6.54. The molecule has 0 aliphatic heterocycles. The topological polar surface area (TPSA) is 43.0 Å². The minimum atomic E-state index is 0.458. The molecule has 1 N–H and O–H groups in total. The lowest BCUT2D eigenvalue weighted by Crippen LogP contribution is -2.32. The molecule has 0 aliphatic rings. The van der Waals surface area contributed by atoms with Gasteiger partial charge < -0.3 is 9.73 Å². The molecule has 1 atom stereocenters.